The van der Waals surface area contributed by atoms with Crippen molar-refractivity contribution in [2.24, 2.45) is 0 Å². The highest BCUT2D eigenvalue weighted by Crippen LogP contribution is 2.21. The van der Waals surface area contributed by atoms with Gasteiger partial charge < -0.3 is 15.6 Å². The molecule has 4 N–H and O–H groups in total. The molecule has 1 amide bonds. The molecule has 3 aromatic rings. The first-order valence-corrected chi connectivity index (χ1v) is 6.99. The summed E-state index contributed by atoms with van der Waals surface area (Å²) >= 11 is 5.88. The first-order chi connectivity index (χ1) is 11.1. The van der Waals surface area contributed by atoms with Gasteiger partial charge in [0.1, 0.15) is 22.5 Å². The molecule has 10 heteroatoms. The Morgan fingerprint density at radius 1 is 1.48 bits per heavy atom. The molecule has 0 aliphatic carbocycles. The minimum atomic E-state index is -0.534. The number of amides is 1. The van der Waals surface area contributed by atoms with E-state index in [1.54, 1.807) is 25.3 Å². The van der Waals surface area contributed by atoms with Crippen LogP contribution in [0.3, 0.4) is 0 Å². The first-order valence-electron chi connectivity index (χ1n) is 6.61. The third-order valence-electron chi connectivity index (χ3n) is 3.01. The van der Waals surface area contributed by atoms with E-state index in [9.17, 15) is 4.79 Å². The zero-order chi connectivity index (χ0) is 16.4. The number of aromatic amines is 1. The summed E-state index contributed by atoms with van der Waals surface area (Å²) in [5.41, 5.74) is 6.13. The average Bonchev–Trinajstić information content (AvgIpc) is 3.16. The van der Waals surface area contributed by atoms with E-state index in [4.69, 9.17) is 21.9 Å². The molecule has 118 valence electrons. The van der Waals surface area contributed by atoms with Crippen molar-refractivity contribution in [3.8, 4) is 11.5 Å². The van der Waals surface area contributed by atoms with Gasteiger partial charge in [0.15, 0.2) is 5.82 Å². The van der Waals surface area contributed by atoms with E-state index in [1.807, 2.05) is 6.07 Å². The highest BCUT2D eigenvalue weighted by atomic mass is 35.5. The lowest BCUT2D eigenvalue weighted by atomic mass is 10.3. The van der Waals surface area contributed by atoms with Gasteiger partial charge in [-0.25, -0.2) is 0 Å². The lowest BCUT2D eigenvalue weighted by Gasteiger charge is -2.08. The van der Waals surface area contributed by atoms with Gasteiger partial charge in [-0.15, -0.1) is 0 Å². The molecule has 0 bridgehead atoms. The number of anilines is 1. The number of pyridine rings is 1. The number of halogens is 1. The molecule has 3 heterocycles. The zero-order valence-electron chi connectivity index (χ0n) is 11.9. The number of H-pyrrole nitrogens is 1. The third kappa shape index (κ3) is 2.99. The van der Waals surface area contributed by atoms with Crippen LogP contribution in [0.5, 0.6) is 0 Å². The first kappa shape index (κ1) is 15.0. The van der Waals surface area contributed by atoms with Crippen molar-refractivity contribution >= 4 is 23.3 Å². The lowest BCUT2D eigenvalue weighted by Crippen LogP contribution is -2.27. The number of hydrogen-bond donors (Lipinski definition) is 3. The van der Waals surface area contributed by atoms with Gasteiger partial charge in [0.25, 0.3) is 5.91 Å². The van der Waals surface area contributed by atoms with Crippen LogP contribution in [0.15, 0.2) is 28.9 Å². The van der Waals surface area contributed by atoms with Gasteiger partial charge in [-0.1, -0.05) is 22.8 Å². The van der Waals surface area contributed by atoms with Crippen LogP contribution in [0, 0.1) is 0 Å². The summed E-state index contributed by atoms with van der Waals surface area (Å²) in [5, 5.41) is 12.7. The second kappa shape index (κ2) is 6.05. The Morgan fingerprint density at radius 2 is 2.30 bits per heavy atom. The minimum Gasteiger partial charge on any atom is -0.381 e. The maximum Gasteiger partial charge on any atom is 0.271 e. The SMILES string of the molecule is C[C@H](NC(=O)c1[nH]nc(N)c1Cl)c1nc(-c2ccccn2)no1. The number of carbonyl (C=O) groups excluding carboxylic acids is 1. The third-order valence-corrected chi connectivity index (χ3v) is 3.40. The Kier molecular flexibility index (Phi) is 3.94. The molecule has 0 aliphatic rings. The summed E-state index contributed by atoms with van der Waals surface area (Å²) in [6.07, 6.45) is 1.63. The van der Waals surface area contributed by atoms with Crippen molar-refractivity contribution in [1.82, 2.24) is 30.6 Å². The normalized spacial score (nSPS) is 12.1. The summed E-state index contributed by atoms with van der Waals surface area (Å²) in [6.45, 7) is 1.70. The smallest absolute Gasteiger partial charge is 0.271 e. The highest BCUT2D eigenvalue weighted by Gasteiger charge is 2.22. The number of nitrogens with two attached hydrogens (primary N) is 1. The fourth-order valence-electron chi connectivity index (χ4n) is 1.83. The minimum absolute atomic E-state index is 0.0553. The molecule has 0 saturated heterocycles. The molecular formula is C13H12ClN7O2. The van der Waals surface area contributed by atoms with E-state index in [0.29, 0.717) is 11.5 Å². The molecule has 0 saturated carbocycles. The fourth-order valence-corrected chi connectivity index (χ4v) is 2.00. The number of nitrogens with zero attached hydrogens (tertiary/aromatic N) is 4. The lowest BCUT2D eigenvalue weighted by molar-refractivity contribution is 0.0927. The number of nitrogens with one attached hydrogen (secondary N) is 2. The monoisotopic (exact) mass is 333 g/mol. The maximum atomic E-state index is 12.1. The van der Waals surface area contributed by atoms with E-state index in [-0.39, 0.29) is 22.4 Å². The largest absolute Gasteiger partial charge is 0.381 e. The Hall–Kier alpha value is -2.94. The average molecular weight is 334 g/mol. The molecule has 0 radical (unpaired) electrons. The molecule has 0 aliphatic heterocycles. The van der Waals surface area contributed by atoms with Crippen LogP contribution in [-0.2, 0) is 0 Å². The van der Waals surface area contributed by atoms with E-state index in [2.05, 4.69) is 30.6 Å². The van der Waals surface area contributed by atoms with Crippen molar-refractivity contribution in [1.29, 1.82) is 0 Å². The predicted octanol–water partition coefficient (Wildman–Crippen LogP) is 1.58. The molecule has 1 atom stereocenters. The second-order valence-corrected chi connectivity index (χ2v) is 5.04. The maximum absolute atomic E-state index is 12.1. The molecular weight excluding hydrogens is 322 g/mol. The molecule has 0 aromatic carbocycles. The Balaban J connectivity index is 1.74. The van der Waals surface area contributed by atoms with E-state index >= 15 is 0 Å². The summed E-state index contributed by atoms with van der Waals surface area (Å²) in [5.74, 6) is 0.150. The van der Waals surface area contributed by atoms with Crippen LogP contribution in [0.4, 0.5) is 5.82 Å². The van der Waals surface area contributed by atoms with Crippen LogP contribution in [0.1, 0.15) is 29.3 Å². The fraction of sp³-hybridized carbons (Fsp3) is 0.154. The number of carbonyl (C=O) groups is 1. The van der Waals surface area contributed by atoms with Gasteiger partial charge >= 0.3 is 0 Å². The topological polar surface area (TPSA) is 136 Å². The van der Waals surface area contributed by atoms with E-state index in [0.717, 1.165) is 0 Å². The van der Waals surface area contributed by atoms with Gasteiger partial charge in [-0.2, -0.15) is 10.1 Å². The van der Waals surface area contributed by atoms with Crippen molar-refractivity contribution in [2.45, 2.75) is 13.0 Å². The number of hydrogen-bond acceptors (Lipinski definition) is 7. The molecule has 9 nitrogen and oxygen atoms in total. The summed E-state index contributed by atoms with van der Waals surface area (Å²) in [7, 11) is 0. The molecule has 0 fully saturated rings. The van der Waals surface area contributed by atoms with Gasteiger partial charge in [0.2, 0.25) is 11.7 Å². The molecule has 3 aromatic heterocycles. The quantitative estimate of drug-likeness (QED) is 0.659. The van der Waals surface area contributed by atoms with Crippen LogP contribution in [0.2, 0.25) is 5.02 Å². The Bertz CT molecular complexity index is 830. The second-order valence-electron chi connectivity index (χ2n) is 4.66. The summed E-state index contributed by atoms with van der Waals surface area (Å²) < 4.78 is 5.15. The van der Waals surface area contributed by atoms with Gasteiger partial charge in [0.05, 0.1) is 0 Å². The molecule has 23 heavy (non-hydrogen) atoms. The van der Waals surface area contributed by atoms with Gasteiger partial charge in [-0.3, -0.25) is 14.9 Å². The van der Waals surface area contributed by atoms with Crippen LogP contribution < -0.4 is 11.1 Å². The molecule has 0 unspecified atom stereocenters. The highest BCUT2D eigenvalue weighted by molar-refractivity contribution is 6.35. The predicted molar refractivity (Wildman–Crippen MR) is 81.4 cm³/mol. The van der Waals surface area contributed by atoms with Crippen LogP contribution >= 0.6 is 11.6 Å². The number of aromatic nitrogens is 5. The Labute approximate surface area is 135 Å². The van der Waals surface area contributed by atoms with Gasteiger partial charge in [-0.05, 0) is 19.1 Å². The van der Waals surface area contributed by atoms with Crippen molar-refractivity contribution in [3.63, 3.8) is 0 Å². The van der Waals surface area contributed by atoms with Crippen LogP contribution in [0.25, 0.3) is 11.5 Å². The van der Waals surface area contributed by atoms with E-state index < -0.39 is 11.9 Å². The number of nitrogen functional groups attached to an aromatic ring is 1. The standard InChI is InChI=1S/C13H12ClN7O2/c1-6(17-12(22)9-8(14)10(15)20-19-9)13-18-11(21-23-13)7-4-2-3-5-16-7/h2-6H,1H3,(H,17,22)(H3,15,19,20)/t6-/m0/s1. The van der Waals surface area contributed by atoms with Gasteiger partial charge in [0, 0.05) is 6.20 Å². The van der Waals surface area contributed by atoms with Crippen molar-refractivity contribution in [2.75, 3.05) is 5.73 Å². The number of rotatable bonds is 4. The van der Waals surface area contributed by atoms with Crippen LogP contribution in [-0.4, -0.2) is 31.2 Å². The summed E-state index contributed by atoms with van der Waals surface area (Å²) in [4.78, 5) is 20.5. The Morgan fingerprint density at radius 3 is 2.96 bits per heavy atom. The van der Waals surface area contributed by atoms with E-state index in [1.165, 1.54) is 0 Å². The van der Waals surface area contributed by atoms with Crippen molar-refractivity contribution < 1.29 is 9.32 Å². The zero-order valence-corrected chi connectivity index (χ0v) is 12.7. The van der Waals surface area contributed by atoms with Crippen molar-refractivity contribution in [3.05, 3.63) is 41.0 Å². The molecule has 3 rings (SSSR count). The summed E-state index contributed by atoms with van der Waals surface area (Å²) in [6, 6.07) is 4.82. The molecule has 0 spiro atoms.